The van der Waals surface area contributed by atoms with Crippen LogP contribution in [0.5, 0.6) is 0 Å². The Morgan fingerprint density at radius 2 is 2.00 bits per heavy atom. The van der Waals surface area contributed by atoms with E-state index in [9.17, 15) is 0 Å². The van der Waals surface area contributed by atoms with Gasteiger partial charge in [0.1, 0.15) is 17.3 Å². The fourth-order valence-corrected chi connectivity index (χ4v) is 3.83. The molecule has 150 valence electrons. The minimum absolute atomic E-state index is 0.523. The van der Waals surface area contributed by atoms with Crippen molar-refractivity contribution in [3.05, 3.63) is 66.6 Å². The number of piperidine rings is 1. The molecule has 1 aliphatic rings. The number of furan rings is 1. The average Bonchev–Trinajstić information content (AvgIpc) is 3.23. The van der Waals surface area contributed by atoms with Crippen LogP contribution in [0.2, 0.25) is 0 Å². The van der Waals surface area contributed by atoms with Gasteiger partial charge in [-0.05, 0) is 62.7 Å². The number of aromatic nitrogens is 1. The predicted molar refractivity (Wildman–Crippen MR) is 122 cm³/mol. The van der Waals surface area contributed by atoms with Gasteiger partial charge in [-0.1, -0.05) is 30.3 Å². The largest absolute Gasteiger partial charge is 0.459 e. The topological polar surface area (TPSA) is 53.3 Å². The van der Waals surface area contributed by atoms with E-state index in [0.717, 1.165) is 35.1 Å². The highest BCUT2D eigenvalue weighted by atomic mass is 32.1. The van der Waals surface area contributed by atoms with Crippen molar-refractivity contribution in [1.82, 2.24) is 10.3 Å². The highest BCUT2D eigenvalue weighted by molar-refractivity contribution is 7.80. The smallest absolute Gasteiger partial charge is 0.171 e. The SMILES string of the molecule is C[C@H]1CCCCN1c1ccc(NC(=S)NCc2ccc(-c3ccccc3)o2)cn1. The molecule has 29 heavy (non-hydrogen) atoms. The van der Waals surface area contributed by atoms with Gasteiger partial charge in [0.15, 0.2) is 5.11 Å². The fraction of sp³-hybridized carbons (Fsp3) is 0.304. The summed E-state index contributed by atoms with van der Waals surface area (Å²) in [5, 5.41) is 6.92. The van der Waals surface area contributed by atoms with Crippen LogP contribution in [0.4, 0.5) is 11.5 Å². The molecule has 0 radical (unpaired) electrons. The first-order valence-electron chi connectivity index (χ1n) is 10.1. The number of rotatable bonds is 5. The Morgan fingerprint density at radius 1 is 1.14 bits per heavy atom. The van der Waals surface area contributed by atoms with Gasteiger partial charge < -0.3 is 20.0 Å². The molecule has 3 heterocycles. The van der Waals surface area contributed by atoms with Crippen molar-refractivity contribution in [3.8, 4) is 11.3 Å². The lowest BCUT2D eigenvalue weighted by Crippen LogP contribution is -2.37. The van der Waals surface area contributed by atoms with E-state index in [1.54, 1.807) is 0 Å². The Bertz CT molecular complexity index is 939. The summed E-state index contributed by atoms with van der Waals surface area (Å²) in [6.07, 6.45) is 5.61. The van der Waals surface area contributed by atoms with E-state index >= 15 is 0 Å². The minimum atomic E-state index is 0.523. The molecule has 1 aliphatic heterocycles. The standard InChI is InChI=1S/C23H26N4OS/c1-17-7-5-6-14-27(17)22-13-10-19(15-24-22)26-23(29)25-16-20-11-12-21(28-20)18-8-3-2-4-9-18/h2-4,8-13,15,17H,5-7,14,16H2,1H3,(H2,25,26,29)/t17-/m0/s1. The molecule has 0 aliphatic carbocycles. The molecule has 1 saturated heterocycles. The summed E-state index contributed by atoms with van der Waals surface area (Å²) in [6, 6.07) is 18.6. The second kappa shape index (κ2) is 9.09. The lowest BCUT2D eigenvalue weighted by Gasteiger charge is -2.34. The van der Waals surface area contributed by atoms with Gasteiger partial charge in [-0.15, -0.1) is 0 Å². The molecule has 1 atom stereocenters. The quantitative estimate of drug-likeness (QED) is 0.568. The number of hydrogen-bond acceptors (Lipinski definition) is 4. The molecule has 0 unspecified atom stereocenters. The highest BCUT2D eigenvalue weighted by Gasteiger charge is 2.19. The summed E-state index contributed by atoms with van der Waals surface area (Å²) < 4.78 is 5.90. The molecule has 5 nitrogen and oxygen atoms in total. The second-order valence-corrected chi connectivity index (χ2v) is 7.79. The molecule has 2 aromatic heterocycles. The summed E-state index contributed by atoms with van der Waals surface area (Å²) in [5.74, 6) is 2.72. The van der Waals surface area contributed by atoms with Crippen LogP contribution in [0.1, 0.15) is 31.9 Å². The first-order valence-corrected chi connectivity index (χ1v) is 10.5. The Morgan fingerprint density at radius 3 is 2.76 bits per heavy atom. The summed E-state index contributed by atoms with van der Waals surface area (Å²) in [7, 11) is 0. The first kappa shape index (κ1) is 19.5. The fourth-order valence-electron chi connectivity index (χ4n) is 3.64. The van der Waals surface area contributed by atoms with Crippen LogP contribution < -0.4 is 15.5 Å². The predicted octanol–water partition coefficient (Wildman–Crippen LogP) is 5.21. The zero-order valence-corrected chi connectivity index (χ0v) is 17.4. The maximum absolute atomic E-state index is 5.90. The van der Waals surface area contributed by atoms with Crippen molar-refractivity contribution in [2.24, 2.45) is 0 Å². The van der Waals surface area contributed by atoms with Crippen LogP contribution in [0.15, 0.2) is 65.2 Å². The molecule has 2 N–H and O–H groups in total. The van der Waals surface area contributed by atoms with Crippen molar-refractivity contribution in [2.75, 3.05) is 16.8 Å². The zero-order valence-electron chi connectivity index (χ0n) is 16.6. The molecule has 0 saturated carbocycles. The highest BCUT2D eigenvalue weighted by Crippen LogP contribution is 2.24. The molecule has 6 heteroatoms. The summed E-state index contributed by atoms with van der Waals surface area (Å²) in [5.41, 5.74) is 1.94. The summed E-state index contributed by atoms with van der Waals surface area (Å²) >= 11 is 5.41. The van der Waals surface area contributed by atoms with Crippen molar-refractivity contribution in [2.45, 2.75) is 38.8 Å². The maximum Gasteiger partial charge on any atom is 0.171 e. The van der Waals surface area contributed by atoms with Gasteiger partial charge in [0.2, 0.25) is 0 Å². The normalized spacial score (nSPS) is 16.4. The Hall–Kier alpha value is -2.86. The number of anilines is 2. The molecule has 3 aromatic rings. The van der Waals surface area contributed by atoms with Crippen LogP contribution in [-0.4, -0.2) is 22.7 Å². The molecule has 1 aromatic carbocycles. The molecule has 0 amide bonds. The van der Waals surface area contributed by atoms with E-state index in [2.05, 4.69) is 33.5 Å². The van der Waals surface area contributed by atoms with Gasteiger partial charge in [-0.3, -0.25) is 0 Å². The summed E-state index contributed by atoms with van der Waals surface area (Å²) in [4.78, 5) is 7.00. The van der Waals surface area contributed by atoms with Gasteiger partial charge in [-0.25, -0.2) is 4.98 Å². The monoisotopic (exact) mass is 406 g/mol. The Labute approximate surface area is 177 Å². The van der Waals surface area contributed by atoms with Crippen LogP contribution >= 0.6 is 12.2 Å². The van der Waals surface area contributed by atoms with Gasteiger partial charge >= 0.3 is 0 Å². The summed E-state index contributed by atoms with van der Waals surface area (Å²) in [6.45, 7) is 3.87. The molecular formula is C23H26N4OS. The number of thiocarbonyl (C=S) groups is 1. The van der Waals surface area contributed by atoms with Crippen molar-refractivity contribution < 1.29 is 4.42 Å². The average molecular weight is 407 g/mol. The van der Waals surface area contributed by atoms with E-state index in [4.69, 9.17) is 16.6 Å². The van der Waals surface area contributed by atoms with E-state index in [0.29, 0.717) is 17.7 Å². The molecule has 4 rings (SSSR count). The van der Waals surface area contributed by atoms with E-state index in [1.165, 1.54) is 19.3 Å². The lowest BCUT2D eigenvalue weighted by molar-refractivity contribution is 0.481. The van der Waals surface area contributed by atoms with E-state index < -0.39 is 0 Å². The number of nitrogens with one attached hydrogen (secondary N) is 2. The molecule has 0 bridgehead atoms. The van der Waals surface area contributed by atoms with Crippen molar-refractivity contribution >= 4 is 28.8 Å². The Kier molecular flexibility index (Phi) is 6.10. The van der Waals surface area contributed by atoms with Crippen LogP contribution in [0.25, 0.3) is 11.3 Å². The molecule has 1 fully saturated rings. The van der Waals surface area contributed by atoms with Gasteiger partial charge in [-0.2, -0.15) is 0 Å². The van der Waals surface area contributed by atoms with Crippen molar-refractivity contribution in [3.63, 3.8) is 0 Å². The Balaban J connectivity index is 1.29. The maximum atomic E-state index is 5.90. The third kappa shape index (κ3) is 4.95. The van der Waals surface area contributed by atoms with Gasteiger partial charge in [0, 0.05) is 18.2 Å². The molecular weight excluding hydrogens is 380 g/mol. The van der Waals surface area contributed by atoms with Gasteiger partial charge in [0.25, 0.3) is 0 Å². The zero-order chi connectivity index (χ0) is 20.1. The third-order valence-electron chi connectivity index (χ3n) is 5.25. The van der Waals surface area contributed by atoms with Gasteiger partial charge in [0.05, 0.1) is 18.4 Å². The van der Waals surface area contributed by atoms with Crippen LogP contribution in [-0.2, 0) is 6.54 Å². The van der Waals surface area contributed by atoms with Crippen LogP contribution in [0, 0.1) is 0 Å². The second-order valence-electron chi connectivity index (χ2n) is 7.38. The molecule has 0 spiro atoms. The number of hydrogen-bond donors (Lipinski definition) is 2. The first-order chi connectivity index (χ1) is 14.2. The van der Waals surface area contributed by atoms with E-state index in [-0.39, 0.29) is 0 Å². The number of pyridine rings is 1. The van der Waals surface area contributed by atoms with Crippen molar-refractivity contribution in [1.29, 1.82) is 0 Å². The lowest BCUT2D eigenvalue weighted by atomic mass is 10.0. The minimum Gasteiger partial charge on any atom is -0.459 e. The number of nitrogens with zero attached hydrogens (tertiary/aromatic N) is 2. The van der Waals surface area contributed by atoms with E-state index in [1.807, 2.05) is 54.7 Å². The van der Waals surface area contributed by atoms with Crippen LogP contribution in [0.3, 0.4) is 0 Å². The number of benzene rings is 1. The third-order valence-corrected chi connectivity index (χ3v) is 5.49.